The maximum absolute atomic E-state index is 12.1. The topological polar surface area (TPSA) is 60.4 Å². The SMILES string of the molecule is O=C(COc1ccc(C=Nc2ccc(Oc3cccc(Cl)c3)cc2)cc1)N1CCOCC1. The number of nitrogens with zero attached hydrogens (tertiary/aromatic N) is 2. The van der Waals surface area contributed by atoms with Crippen LogP contribution in [0.1, 0.15) is 5.56 Å². The second-order valence-corrected chi connectivity index (χ2v) is 7.60. The van der Waals surface area contributed by atoms with E-state index < -0.39 is 0 Å². The van der Waals surface area contributed by atoms with Crippen molar-refractivity contribution in [1.29, 1.82) is 0 Å². The first-order valence-electron chi connectivity index (χ1n) is 10.3. The van der Waals surface area contributed by atoms with Crippen molar-refractivity contribution in [2.75, 3.05) is 32.9 Å². The molecule has 0 saturated carbocycles. The van der Waals surface area contributed by atoms with Gasteiger partial charge in [0, 0.05) is 24.3 Å². The van der Waals surface area contributed by atoms with Crippen LogP contribution in [0.3, 0.4) is 0 Å². The lowest BCUT2D eigenvalue weighted by atomic mass is 10.2. The van der Waals surface area contributed by atoms with E-state index in [2.05, 4.69) is 4.99 Å². The fraction of sp³-hybridized carbons (Fsp3) is 0.200. The first-order chi connectivity index (χ1) is 15.7. The van der Waals surface area contributed by atoms with E-state index in [0.29, 0.717) is 48.6 Å². The highest BCUT2D eigenvalue weighted by Crippen LogP contribution is 2.26. The molecule has 1 amide bonds. The number of amides is 1. The third-order valence-electron chi connectivity index (χ3n) is 4.84. The summed E-state index contributed by atoms with van der Waals surface area (Å²) in [5.41, 5.74) is 1.73. The van der Waals surface area contributed by atoms with Crippen molar-refractivity contribution < 1.29 is 19.0 Å². The summed E-state index contributed by atoms with van der Waals surface area (Å²) >= 11 is 5.98. The normalized spacial score (nSPS) is 13.8. The van der Waals surface area contributed by atoms with E-state index in [1.807, 2.05) is 60.7 Å². The molecule has 0 bridgehead atoms. The molecule has 0 unspecified atom stereocenters. The van der Waals surface area contributed by atoms with Gasteiger partial charge in [-0.25, -0.2) is 0 Å². The predicted molar refractivity (Wildman–Crippen MR) is 125 cm³/mol. The third kappa shape index (κ3) is 6.33. The van der Waals surface area contributed by atoms with Crippen LogP contribution in [-0.4, -0.2) is 49.9 Å². The number of aliphatic imine (C=N–C) groups is 1. The van der Waals surface area contributed by atoms with E-state index in [1.165, 1.54) is 0 Å². The molecule has 1 fully saturated rings. The average molecular weight is 451 g/mol. The van der Waals surface area contributed by atoms with Crippen LogP contribution < -0.4 is 9.47 Å². The Bertz CT molecular complexity index is 1060. The van der Waals surface area contributed by atoms with Gasteiger partial charge in [-0.2, -0.15) is 0 Å². The molecule has 6 nitrogen and oxygen atoms in total. The van der Waals surface area contributed by atoms with Crippen molar-refractivity contribution in [2.45, 2.75) is 0 Å². The second kappa shape index (κ2) is 10.8. The van der Waals surface area contributed by atoms with Crippen LogP contribution in [0.25, 0.3) is 0 Å². The fourth-order valence-corrected chi connectivity index (χ4v) is 3.30. The van der Waals surface area contributed by atoms with Gasteiger partial charge >= 0.3 is 0 Å². The third-order valence-corrected chi connectivity index (χ3v) is 5.07. The average Bonchev–Trinajstić information content (AvgIpc) is 2.83. The Balaban J connectivity index is 1.28. The lowest BCUT2D eigenvalue weighted by Crippen LogP contribution is -2.42. The quantitative estimate of drug-likeness (QED) is 0.469. The first-order valence-corrected chi connectivity index (χ1v) is 10.7. The molecule has 1 aliphatic rings. The van der Waals surface area contributed by atoms with Crippen molar-refractivity contribution in [3.63, 3.8) is 0 Å². The molecule has 3 aromatic rings. The van der Waals surface area contributed by atoms with Gasteiger partial charge in [-0.05, 0) is 72.3 Å². The number of carbonyl (C=O) groups excluding carboxylic acids is 1. The lowest BCUT2D eigenvalue weighted by Gasteiger charge is -2.26. The Labute approximate surface area is 192 Å². The molecule has 0 aromatic heterocycles. The van der Waals surface area contributed by atoms with Crippen molar-refractivity contribution in [1.82, 2.24) is 4.90 Å². The minimum atomic E-state index is -0.0262. The number of ether oxygens (including phenoxy) is 3. The van der Waals surface area contributed by atoms with Gasteiger partial charge in [0.05, 0.1) is 18.9 Å². The summed E-state index contributed by atoms with van der Waals surface area (Å²) < 4.78 is 16.7. The minimum absolute atomic E-state index is 0.0248. The Kier molecular flexibility index (Phi) is 7.38. The molecule has 0 aliphatic carbocycles. The van der Waals surface area contributed by atoms with E-state index in [9.17, 15) is 4.79 Å². The molecule has 0 spiro atoms. The van der Waals surface area contributed by atoms with E-state index in [1.54, 1.807) is 23.2 Å². The molecule has 164 valence electrons. The van der Waals surface area contributed by atoms with Crippen molar-refractivity contribution >= 4 is 29.4 Å². The molecular weight excluding hydrogens is 428 g/mol. The van der Waals surface area contributed by atoms with E-state index in [4.69, 9.17) is 25.8 Å². The Morgan fingerprint density at radius 1 is 0.969 bits per heavy atom. The van der Waals surface area contributed by atoms with E-state index in [0.717, 1.165) is 11.3 Å². The van der Waals surface area contributed by atoms with E-state index in [-0.39, 0.29) is 12.5 Å². The molecule has 1 saturated heterocycles. The van der Waals surface area contributed by atoms with Crippen LogP contribution in [-0.2, 0) is 9.53 Å². The zero-order chi connectivity index (χ0) is 22.2. The van der Waals surface area contributed by atoms with Gasteiger partial charge in [0.25, 0.3) is 5.91 Å². The first kappa shape index (κ1) is 21.9. The molecule has 3 aromatic carbocycles. The summed E-state index contributed by atoms with van der Waals surface area (Å²) in [6.45, 7) is 2.42. The van der Waals surface area contributed by atoms with Gasteiger partial charge < -0.3 is 19.1 Å². The highest BCUT2D eigenvalue weighted by molar-refractivity contribution is 6.30. The van der Waals surface area contributed by atoms with Gasteiger partial charge in [0.15, 0.2) is 6.61 Å². The van der Waals surface area contributed by atoms with Crippen LogP contribution in [0.4, 0.5) is 5.69 Å². The summed E-state index contributed by atoms with van der Waals surface area (Å²) in [4.78, 5) is 18.4. The maximum atomic E-state index is 12.1. The highest BCUT2D eigenvalue weighted by atomic mass is 35.5. The van der Waals surface area contributed by atoms with Gasteiger partial charge in [-0.1, -0.05) is 17.7 Å². The van der Waals surface area contributed by atoms with Gasteiger partial charge in [0.1, 0.15) is 17.2 Å². The van der Waals surface area contributed by atoms with Crippen LogP contribution in [0, 0.1) is 0 Å². The number of rotatable bonds is 7. The zero-order valence-electron chi connectivity index (χ0n) is 17.4. The summed E-state index contributed by atoms with van der Waals surface area (Å²) in [6, 6.07) is 22.2. The number of carbonyl (C=O) groups is 1. The van der Waals surface area contributed by atoms with E-state index >= 15 is 0 Å². The molecule has 32 heavy (non-hydrogen) atoms. The number of hydrogen-bond acceptors (Lipinski definition) is 5. The highest BCUT2D eigenvalue weighted by Gasteiger charge is 2.17. The molecule has 1 heterocycles. The fourth-order valence-electron chi connectivity index (χ4n) is 3.12. The summed E-state index contributed by atoms with van der Waals surface area (Å²) in [6.07, 6.45) is 1.77. The molecule has 0 N–H and O–H groups in total. The Morgan fingerprint density at radius 2 is 1.69 bits per heavy atom. The van der Waals surface area contributed by atoms with Gasteiger partial charge in [0.2, 0.25) is 0 Å². The Hall–Kier alpha value is -3.35. The smallest absolute Gasteiger partial charge is 0.260 e. The minimum Gasteiger partial charge on any atom is -0.484 e. The van der Waals surface area contributed by atoms with Gasteiger partial charge in [-0.3, -0.25) is 9.79 Å². The van der Waals surface area contributed by atoms with Crippen molar-refractivity contribution in [3.05, 3.63) is 83.4 Å². The lowest BCUT2D eigenvalue weighted by molar-refractivity contribution is -0.137. The van der Waals surface area contributed by atoms with Crippen LogP contribution in [0.5, 0.6) is 17.2 Å². The number of benzene rings is 3. The summed E-state index contributed by atoms with van der Waals surface area (Å²) in [5, 5.41) is 0.629. The van der Waals surface area contributed by atoms with Crippen molar-refractivity contribution in [3.8, 4) is 17.2 Å². The standard InChI is InChI=1S/C25H23ClN2O4/c26-20-2-1-3-24(16-20)32-23-10-6-21(7-11-23)27-17-19-4-8-22(9-5-19)31-18-25(29)28-12-14-30-15-13-28/h1-11,16-17H,12-15,18H2. The zero-order valence-corrected chi connectivity index (χ0v) is 18.2. The van der Waals surface area contributed by atoms with Crippen LogP contribution in [0.2, 0.25) is 5.02 Å². The number of hydrogen-bond donors (Lipinski definition) is 0. The van der Waals surface area contributed by atoms with Crippen molar-refractivity contribution in [2.24, 2.45) is 4.99 Å². The predicted octanol–water partition coefficient (Wildman–Crippen LogP) is 5.12. The monoisotopic (exact) mass is 450 g/mol. The molecule has 1 aliphatic heterocycles. The molecule has 7 heteroatoms. The number of halogens is 1. The molecule has 0 atom stereocenters. The van der Waals surface area contributed by atoms with Crippen LogP contribution in [0.15, 0.2) is 77.8 Å². The second-order valence-electron chi connectivity index (χ2n) is 7.16. The molecular formula is C25H23ClN2O4. The summed E-state index contributed by atoms with van der Waals surface area (Å²) in [5.74, 6) is 2.01. The largest absolute Gasteiger partial charge is 0.484 e. The Morgan fingerprint density at radius 3 is 2.41 bits per heavy atom. The van der Waals surface area contributed by atoms with Gasteiger partial charge in [-0.15, -0.1) is 0 Å². The summed E-state index contributed by atoms with van der Waals surface area (Å²) in [7, 11) is 0. The maximum Gasteiger partial charge on any atom is 0.260 e. The van der Waals surface area contributed by atoms with Crippen LogP contribution >= 0.6 is 11.6 Å². The molecule has 4 rings (SSSR count). The molecule has 0 radical (unpaired) electrons. The number of morpholine rings is 1.